The summed E-state index contributed by atoms with van der Waals surface area (Å²) in [5, 5.41) is 0. The lowest BCUT2D eigenvalue weighted by molar-refractivity contribution is 0.326. The predicted octanol–water partition coefficient (Wildman–Crippen LogP) is 2.73. The van der Waals surface area contributed by atoms with E-state index >= 15 is 0 Å². The van der Waals surface area contributed by atoms with Gasteiger partial charge >= 0.3 is 0 Å². The molecule has 0 saturated heterocycles. The summed E-state index contributed by atoms with van der Waals surface area (Å²) in [6.07, 6.45) is 1.88. The van der Waals surface area contributed by atoms with Crippen LogP contribution < -0.4 is 4.74 Å². The first kappa shape index (κ1) is 10.4. The molecule has 0 radical (unpaired) electrons. The first-order valence-electron chi connectivity index (χ1n) is 4.52. The normalized spacial score (nSPS) is 10.0. The second-order valence-electron chi connectivity index (χ2n) is 2.57. The Bertz CT molecular complexity index is 235. The van der Waals surface area contributed by atoms with Crippen molar-refractivity contribution in [2.75, 3.05) is 12.4 Å². The smallest absolute Gasteiger partial charge is 0.213 e. The maximum absolute atomic E-state index is 5.25. The Kier molecular flexibility index (Phi) is 4.68. The van der Waals surface area contributed by atoms with Crippen LogP contribution in [0, 0.1) is 0 Å². The topological polar surface area (TPSA) is 22.1 Å². The summed E-state index contributed by atoms with van der Waals surface area (Å²) < 4.78 is 5.25. The van der Waals surface area contributed by atoms with Crippen LogP contribution in [0.25, 0.3) is 0 Å². The van der Waals surface area contributed by atoms with Crippen LogP contribution >= 0.6 is 11.8 Å². The first-order chi connectivity index (χ1) is 6.36. The molecule has 0 aliphatic carbocycles. The molecule has 0 atom stereocenters. The maximum Gasteiger partial charge on any atom is 0.213 e. The number of rotatable bonds is 5. The van der Waals surface area contributed by atoms with Crippen molar-refractivity contribution in [3.05, 3.63) is 23.9 Å². The van der Waals surface area contributed by atoms with E-state index in [-0.39, 0.29) is 0 Å². The molecule has 3 heteroatoms. The molecule has 0 unspecified atom stereocenters. The van der Waals surface area contributed by atoms with Crippen molar-refractivity contribution in [3.63, 3.8) is 0 Å². The van der Waals surface area contributed by atoms with E-state index in [1.54, 1.807) is 0 Å². The molecule has 0 amide bonds. The third-order valence-electron chi connectivity index (χ3n) is 1.56. The number of hydrogen-bond acceptors (Lipinski definition) is 3. The van der Waals surface area contributed by atoms with Crippen LogP contribution in [-0.4, -0.2) is 17.3 Å². The third kappa shape index (κ3) is 3.68. The van der Waals surface area contributed by atoms with Crippen molar-refractivity contribution in [1.29, 1.82) is 0 Å². The monoisotopic (exact) mass is 197 g/mol. The summed E-state index contributed by atoms with van der Waals surface area (Å²) in [4.78, 5) is 4.19. The van der Waals surface area contributed by atoms with Crippen molar-refractivity contribution in [2.45, 2.75) is 19.6 Å². The fraction of sp³-hybridized carbons (Fsp3) is 0.500. The van der Waals surface area contributed by atoms with Crippen LogP contribution in [0.3, 0.4) is 0 Å². The van der Waals surface area contributed by atoms with E-state index in [1.807, 2.05) is 30.9 Å². The number of pyridine rings is 1. The zero-order chi connectivity index (χ0) is 9.52. The van der Waals surface area contributed by atoms with Crippen LogP contribution in [0.5, 0.6) is 5.88 Å². The minimum Gasteiger partial charge on any atom is -0.478 e. The molecule has 0 aliphatic rings. The lowest BCUT2D eigenvalue weighted by Crippen LogP contribution is -1.94. The number of aromatic nitrogens is 1. The summed E-state index contributed by atoms with van der Waals surface area (Å²) in [5.41, 5.74) is 1.26. The SMILES string of the molecule is CCOc1ccc(CSCC)cn1. The van der Waals surface area contributed by atoms with Gasteiger partial charge in [-0.25, -0.2) is 4.98 Å². The molecule has 72 valence electrons. The van der Waals surface area contributed by atoms with Gasteiger partial charge in [-0.1, -0.05) is 13.0 Å². The molecule has 2 nitrogen and oxygen atoms in total. The molecule has 0 bridgehead atoms. The molecule has 0 fully saturated rings. The zero-order valence-corrected chi connectivity index (χ0v) is 8.93. The summed E-state index contributed by atoms with van der Waals surface area (Å²) >= 11 is 1.90. The zero-order valence-electron chi connectivity index (χ0n) is 8.12. The van der Waals surface area contributed by atoms with Crippen LogP contribution in [-0.2, 0) is 5.75 Å². The van der Waals surface area contributed by atoms with Crippen LogP contribution in [0.2, 0.25) is 0 Å². The Morgan fingerprint density at radius 2 is 2.23 bits per heavy atom. The summed E-state index contributed by atoms with van der Waals surface area (Å²) in [6, 6.07) is 4.00. The van der Waals surface area contributed by atoms with Gasteiger partial charge in [0.25, 0.3) is 0 Å². The first-order valence-corrected chi connectivity index (χ1v) is 5.67. The lowest BCUT2D eigenvalue weighted by Gasteiger charge is -2.02. The van der Waals surface area contributed by atoms with Gasteiger partial charge in [-0.2, -0.15) is 11.8 Å². The van der Waals surface area contributed by atoms with E-state index in [4.69, 9.17) is 4.74 Å². The fourth-order valence-corrected chi connectivity index (χ4v) is 1.56. The van der Waals surface area contributed by atoms with Gasteiger partial charge in [0.1, 0.15) is 0 Å². The largest absolute Gasteiger partial charge is 0.478 e. The van der Waals surface area contributed by atoms with Crippen molar-refractivity contribution in [1.82, 2.24) is 4.98 Å². The average molecular weight is 197 g/mol. The van der Waals surface area contributed by atoms with Gasteiger partial charge in [0.15, 0.2) is 0 Å². The summed E-state index contributed by atoms with van der Waals surface area (Å²) in [5.74, 6) is 2.90. The van der Waals surface area contributed by atoms with Gasteiger partial charge in [-0.05, 0) is 18.2 Å². The molecule has 0 saturated carbocycles. The van der Waals surface area contributed by atoms with Crippen molar-refractivity contribution >= 4 is 11.8 Å². The average Bonchev–Trinajstić information content (AvgIpc) is 2.17. The summed E-state index contributed by atoms with van der Waals surface area (Å²) in [7, 11) is 0. The molecular formula is C10H15NOS. The van der Waals surface area contributed by atoms with Crippen molar-refractivity contribution < 1.29 is 4.74 Å². The fourth-order valence-electron chi connectivity index (χ4n) is 0.949. The van der Waals surface area contributed by atoms with Crippen LogP contribution in [0.1, 0.15) is 19.4 Å². The number of nitrogens with zero attached hydrogens (tertiary/aromatic N) is 1. The maximum atomic E-state index is 5.25. The Balaban J connectivity index is 2.48. The van der Waals surface area contributed by atoms with Gasteiger partial charge < -0.3 is 4.74 Å². The number of ether oxygens (including phenoxy) is 1. The predicted molar refractivity (Wildman–Crippen MR) is 57.2 cm³/mol. The summed E-state index contributed by atoms with van der Waals surface area (Å²) in [6.45, 7) is 4.80. The minimum absolute atomic E-state index is 0.677. The highest BCUT2D eigenvalue weighted by atomic mass is 32.2. The molecule has 1 aromatic heterocycles. The molecule has 1 aromatic rings. The van der Waals surface area contributed by atoms with Crippen molar-refractivity contribution in [2.24, 2.45) is 0 Å². The molecule has 0 N–H and O–H groups in total. The van der Waals surface area contributed by atoms with Crippen LogP contribution in [0.15, 0.2) is 18.3 Å². The molecule has 0 aliphatic heterocycles. The van der Waals surface area contributed by atoms with Gasteiger partial charge in [0.2, 0.25) is 5.88 Å². The standard InChI is InChI=1S/C10H15NOS/c1-3-12-10-6-5-9(7-11-10)8-13-4-2/h5-7H,3-4,8H2,1-2H3. The van der Waals surface area contributed by atoms with Crippen LogP contribution in [0.4, 0.5) is 0 Å². The van der Waals surface area contributed by atoms with E-state index in [0.29, 0.717) is 12.5 Å². The van der Waals surface area contributed by atoms with Gasteiger partial charge in [-0.3, -0.25) is 0 Å². The molecule has 1 heterocycles. The highest BCUT2D eigenvalue weighted by Crippen LogP contribution is 2.13. The molecule has 13 heavy (non-hydrogen) atoms. The Morgan fingerprint density at radius 1 is 1.38 bits per heavy atom. The molecule has 0 spiro atoms. The highest BCUT2D eigenvalue weighted by Gasteiger charge is 1.95. The second-order valence-corrected chi connectivity index (χ2v) is 3.85. The van der Waals surface area contributed by atoms with Crippen molar-refractivity contribution in [3.8, 4) is 5.88 Å². The van der Waals surface area contributed by atoms with E-state index in [2.05, 4.69) is 18.0 Å². The Labute approximate surface area is 83.7 Å². The van der Waals surface area contributed by atoms with E-state index in [1.165, 1.54) is 5.56 Å². The molecule has 1 rings (SSSR count). The number of thioether (sulfide) groups is 1. The Morgan fingerprint density at radius 3 is 2.77 bits per heavy atom. The second kappa shape index (κ2) is 5.86. The molecular weight excluding hydrogens is 182 g/mol. The van der Waals surface area contributed by atoms with E-state index in [9.17, 15) is 0 Å². The quantitative estimate of drug-likeness (QED) is 0.724. The van der Waals surface area contributed by atoms with E-state index in [0.717, 1.165) is 11.5 Å². The number of hydrogen-bond donors (Lipinski definition) is 0. The Hall–Kier alpha value is -0.700. The highest BCUT2D eigenvalue weighted by molar-refractivity contribution is 7.98. The minimum atomic E-state index is 0.677. The van der Waals surface area contributed by atoms with Gasteiger partial charge in [0, 0.05) is 18.0 Å². The lowest BCUT2D eigenvalue weighted by atomic mass is 10.3. The molecule has 0 aromatic carbocycles. The van der Waals surface area contributed by atoms with Gasteiger partial charge in [-0.15, -0.1) is 0 Å². The van der Waals surface area contributed by atoms with E-state index < -0.39 is 0 Å². The van der Waals surface area contributed by atoms with Gasteiger partial charge in [0.05, 0.1) is 6.61 Å². The third-order valence-corrected chi connectivity index (χ3v) is 2.51.